The first-order valence-corrected chi connectivity index (χ1v) is 5.49. The minimum Gasteiger partial charge on any atom is -0.498 e. The van der Waals surface area contributed by atoms with Gasteiger partial charge in [0.25, 0.3) is 0 Å². The number of halogens is 1. The number of hydrogen-bond donors (Lipinski definition) is 0. The molecular formula is C10H13BrN2O. The van der Waals surface area contributed by atoms with Crippen LogP contribution in [0.25, 0.3) is 0 Å². The van der Waals surface area contributed by atoms with Crippen LogP contribution in [-0.4, -0.2) is 30.4 Å². The van der Waals surface area contributed by atoms with Crippen LogP contribution in [0.4, 0.5) is 0 Å². The number of rotatable bonds is 2. The molecule has 0 fully saturated rings. The van der Waals surface area contributed by atoms with Gasteiger partial charge in [0, 0.05) is 6.20 Å². The number of aliphatic imine (C=N–C) groups is 1. The molecule has 3 nitrogen and oxygen atoms in total. The average molecular weight is 257 g/mol. The van der Waals surface area contributed by atoms with Crippen molar-refractivity contribution in [2.45, 2.75) is 25.4 Å². The summed E-state index contributed by atoms with van der Waals surface area (Å²) < 4.78 is 6.43. The molecule has 0 radical (unpaired) electrons. The zero-order valence-corrected chi connectivity index (χ0v) is 9.86. The van der Waals surface area contributed by atoms with Crippen LogP contribution >= 0.6 is 15.9 Å². The largest absolute Gasteiger partial charge is 0.498 e. The van der Waals surface area contributed by atoms with Gasteiger partial charge in [0.2, 0.25) is 0 Å². The Balaban J connectivity index is 2.32. The van der Waals surface area contributed by atoms with Crippen molar-refractivity contribution < 1.29 is 4.74 Å². The first-order valence-electron chi connectivity index (χ1n) is 4.70. The lowest BCUT2D eigenvalue weighted by Crippen LogP contribution is -2.37. The molecule has 0 spiro atoms. The molecule has 2 heterocycles. The highest BCUT2D eigenvalue weighted by Gasteiger charge is 2.35. The van der Waals surface area contributed by atoms with Gasteiger partial charge in [-0.3, -0.25) is 4.99 Å². The molecule has 2 rings (SSSR count). The summed E-state index contributed by atoms with van der Waals surface area (Å²) >= 11 is 3.49. The van der Waals surface area contributed by atoms with Gasteiger partial charge in [-0.1, -0.05) is 6.92 Å². The van der Waals surface area contributed by atoms with Gasteiger partial charge in [-0.25, -0.2) is 0 Å². The van der Waals surface area contributed by atoms with Crippen LogP contribution in [-0.2, 0) is 4.74 Å². The Kier molecular flexibility index (Phi) is 2.63. The number of ether oxygens (including phenoxy) is 1. The fourth-order valence-corrected chi connectivity index (χ4v) is 2.39. The van der Waals surface area contributed by atoms with E-state index in [0.29, 0.717) is 6.04 Å². The fourth-order valence-electron chi connectivity index (χ4n) is 1.88. The smallest absolute Gasteiger partial charge is 0.135 e. The lowest BCUT2D eigenvalue weighted by atomic mass is 10.0. The number of fused-ring (bicyclic) bond motifs is 1. The van der Waals surface area contributed by atoms with Crippen LogP contribution in [0.1, 0.15) is 13.3 Å². The lowest BCUT2D eigenvalue weighted by Gasteiger charge is -2.29. The topological polar surface area (TPSA) is 24.8 Å². The summed E-state index contributed by atoms with van der Waals surface area (Å²) in [6.45, 7) is 2.14. The molecule has 76 valence electrons. The van der Waals surface area contributed by atoms with Gasteiger partial charge in [-0.15, -0.1) is 0 Å². The van der Waals surface area contributed by atoms with E-state index in [-0.39, 0.29) is 6.04 Å². The standard InChI is InChI=1S/C10H13BrN2O/c1-3-8-9-10(14-2)7(11)4-5-13(9)6-12-8/h4-6,8-9H,3H2,1-2H3. The van der Waals surface area contributed by atoms with Crippen LogP contribution in [0.3, 0.4) is 0 Å². The molecule has 0 aromatic rings. The minimum absolute atomic E-state index is 0.240. The Bertz CT molecular complexity index is 322. The maximum atomic E-state index is 5.41. The maximum absolute atomic E-state index is 5.41. The second-order valence-corrected chi connectivity index (χ2v) is 4.22. The summed E-state index contributed by atoms with van der Waals surface area (Å²) in [6, 6.07) is 0.548. The van der Waals surface area contributed by atoms with E-state index in [1.54, 1.807) is 7.11 Å². The number of allylic oxidation sites excluding steroid dienone is 2. The zero-order valence-electron chi connectivity index (χ0n) is 8.27. The molecule has 0 saturated carbocycles. The van der Waals surface area contributed by atoms with Gasteiger partial charge >= 0.3 is 0 Å². The summed E-state index contributed by atoms with van der Waals surface area (Å²) in [4.78, 5) is 6.54. The summed E-state index contributed by atoms with van der Waals surface area (Å²) in [6.07, 6.45) is 6.92. The molecule has 0 N–H and O–H groups in total. The van der Waals surface area contributed by atoms with Gasteiger partial charge in [0.1, 0.15) is 11.8 Å². The van der Waals surface area contributed by atoms with E-state index in [9.17, 15) is 0 Å². The molecule has 0 amide bonds. The second-order valence-electron chi connectivity index (χ2n) is 3.36. The third kappa shape index (κ3) is 1.38. The molecule has 2 atom stereocenters. The van der Waals surface area contributed by atoms with Gasteiger partial charge in [-0.2, -0.15) is 0 Å². The predicted molar refractivity (Wildman–Crippen MR) is 60.3 cm³/mol. The normalized spacial score (nSPS) is 29.8. The van der Waals surface area contributed by atoms with Crippen molar-refractivity contribution in [3.8, 4) is 0 Å². The molecule has 2 aliphatic heterocycles. The number of hydrogen-bond acceptors (Lipinski definition) is 3. The van der Waals surface area contributed by atoms with E-state index in [1.807, 2.05) is 18.6 Å². The third-order valence-corrected chi connectivity index (χ3v) is 3.27. The molecule has 0 saturated heterocycles. The predicted octanol–water partition coefficient (Wildman–Crippen LogP) is 2.26. The van der Waals surface area contributed by atoms with E-state index in [2.05, 4.69) is 32.7 Å². The highest BCUT2D eigenvalue weighted by molar-refractivity contribution is 9.11. The van der Waals surface area contributed by atoms with Gasteiger partial charge in [0.05, 0.1) is 24.0 Å². The van der Waals surface area contributed by atoms with E-state index < -0.39 is 0 Å². The van der Waals surface area contributed by atoms with E-state index >= 15 is 0 Å². The fraction of sp³-hybridized carbons (Fsp3) is 0.500. The van der Waals surface area contributed by atoms with Gasteiger partial charge in [-0.05, 0) is 28.4 Å². The quantitative estimate of drug-likeness (QED) is 0.758. The first kappa shape index (κ1) is 9.77. The van der Waals surface area contributed by atoms with Crippen LogP contribution in [0.15, 0.2) is 27.5 Å². The molecular weight excluding hydrogens is 244 g/mol. The highest BCUT2D eigenvalue weighted by atomic mass is 79.9. The maximum Gasteiger partial charge on any atom is 0.135 e. The average Bonchev–Trinajstić information content (AvgIpc) is 2.61. The molecule has 14 heavy (non-hydrogen) atoms. The van der Waals surface area contributed by atoms with Crippen molar-refractivity contribution in [2.24, 2.45) is 4.99 Å². The van der Waals surface area contributed by atoms with Crippen molar-refractivity contribution in [3.63, 3.8) is 0 Å². The number of methoxy groups -OCH3 is 1. The Morgan fingerprint density at radius 1 is 1.64 bits per heavy atom. The van der Waals surface area contributed by atoms with E-state index in [1.165, 1.54) is 0 Å². The summed E-state index contributed by atoms with van der Waals surface area (Å²) in [7, 11) is 1.71. The molecule has 0 aromatic heterocycles. The van der Waals surface area contributed by atoms with Crippen molar-refractivity contribution in [1.29, 1.82) is 0 Å². The van der Waals surface area contributed by atoms with Crippen molar-refractivity contribution in [3.05, 3.63) is 22.5 Å². The van der Waals surface area contributed by atoms with Crippen LogP contribution in [0, 0.1) is 0 Å². The Labute approximate surface area is 92.3 Å². The Morgan fingerprint density at radius 3 is 3.07 bits per heavy atom. The molecule has 0 aromatic carbocycles. The zero-order chi connectivity index (χ0) is 10.1. The molecule has 0 aliphatic carbocycles. The van der Waals surface area contributed by atoms with Crippen molar-refractivity contribution in [2.75, 3.05) is 7.11 Å². The monoisotopic (exact) mass is 256 g/mol. The van der Waals surface area contributed by atoms with Crippen molar-refractivity contribution >= 4 is 22.3 Å². The molecule has 4 heteroatoms. The minimum atomic E-state index is 0.240. The van der Waals surface area contributed by atoms with E-state index in [4.69, 9.17) is 4.74 Å². The number of nitrogens with zero attached hydrogens (tertiary/aromatic N) is 2. The summed E-state index contributed by atoms with van der Waals surface area (Å²) in [5.41, 5.74) is 0. The van der Waals surface area contributed by atoms with Crippen LogP contribution < -0.4 is 0 Å². The summed E-state index contributed by atoms with van der Waals surface area (Å²) in [5.74, 6) is 0.969. The second kappa shape index (κ2) is 3.77. The summed E-state index contributed by atoms with van der Waals surface area (Å²) in [5, 5.41) is 0. The lowest BCUT2D eigenvalue weighted by molar-refractivity contribution is 0.216. The van der Waals surface area contributed by atoms with Crippen molar-refractivity contribution in [1.82, 2.24) is 4.90 Å². The van der Waals surface area contributed by atoms with Crippen LogP contribution in [0.5, 0.6) is 0 Å². The molecule has 2 aliphatic rings. The van der Waals surface area contributed by atoms with Gasteiger partial charge in [0.15, 0.2) is 0 Å². The molecule has 0 bridgehead atoms. The SMILES string of the molecule is CCC1N=CN2C=CC(Br)=C(OC)C12. The van der Waals surface area contributed by atoms with Crippen LogP contribution in [0.2, 0.25) is 0 Å². The first-order chi connectivity index (χ1) is 6.77. The van der Waals surface area contributed by atoms with E-state index in [0.717, 1.165) is 16.7 Å². The highest BCUT2D eigenvalue weighted by Crippen LogP contribution is 2.32. The third-order valence-electron chi connectivity index (χ3n) is 2.61. The molecule has 2 unspecified atom stereocenters. The Hall–Kier alpha value is -0.770. The Morgan fingerprint density at radius 2 is 2.43 bits per heavy atom. The van der Waals surface area contributed by atoms with Gasteiger partial charge < -0.3 is 9.64 Å².